The second-order valence-corrected chi connectivity index (χ2v) is 6.60. The maximum atomic E-state index is 12.2. The summed E-state index contributed by atoms with van der Waals surface area (Å²) in [6.45, 7) is 2.10. The Balaban J connectivity index is 1.61. The number of nitrogens with one attached hydrogen (secondary N) is 2. The zero-order chi connectivity index (χ0) is 16.9. The van der Waals surface area contributed by atoms with Crippen LogP contribution in [0.25, 0.3) is 0 Å². The predicted octanol–water partition coefficient (Wildman–Crippen LogP) is 4.45. The van der Waals surface area contributed by atoms with Crippen molar-refractivity contribution in [2.75, 3.05) is 17.2 Å². The third-order valence-electron chi connectivity index (χ3n) is 3.96. The Morgan fingerprint density at radius 2 is 1.88 bits per heavy atom. The lowest BCUT2D eigenvalue weighted by molar-refractivity contribution is 0.0526. The molecule has 0 atom stereocenters. The predicted molar refractivity (Wildman–Crippen MR) is 96.0 cm³/mol. The highest BCUT2D eigenvalue weighted by molar-refractivity contribution is 7.10. The van der Waals surface area contributed by atoms with E-state index in [-0.39, 0.29) is 12.0 Å². The summed E-state index contributed by atoms with van der Waals surface area (Å²) in [5.41, 5.74) is 3.29. The van der Waals surface area contributed by atoms with E-state index < -0.39 is 0 Å². The minimum atomic E-state index is -0.363. The molecule has 0 unspecified atom stereocenters. The maximum Gasteiger partial charge on any atom is 0.338 e. The average Bonchev–Trinajstić information content (AvgIpc) is 2.99. The fourth-order valence-corrected chi connectivity index (χ4v) is 3.87. The monoisotopic (exact) mass is 344 g/mol. The standard InChI is InChI=1S/C18H20N2O3S/c1-2-23-17(21)12-7-9-13(10-8-12)19-18(22)20-15-11-24-16-6-4-3-5-14(15)16/h7-11H,2-6H2,1H3,(H2,19,20,22). The van der Waals surface area contributed by atoms with Gasteiger partial charge in [0.25, 0.3) is 0 Å². The van der Waals surface area contributed by atoms with E-state index in [1.54, 1.807) is 42.5 Å². The molecule has 24 heavy (non-hydrogen) atoms. The number of ether oxygens (including phenoxy) is 1. The van der Waals surface area contributed by atoms with Crippen LogP contribution < -0.4 is 10.6 Å². The summed E-state index contributed by atoms with van der Waals surface area (Å²) in [7, 11) is 0. The van der Waals surface area contributed by atoms with Crippen molar-refractivity contribution in [3.63, 3.8) is 0 Å². The SMILES string of the molecule is CCOC(=O)c1ccc(NC(=O)Nc2csc3c2CCCC3)cc1. The van der Waals surface area contributed by atoms with Gasteiger partial charge in [-0.3, -0.25) is 0 Å². The molecule has 0 radical (unpaired) electrons. The molecule has 2 amide bonds. The molecule has 1 heterocycles. The number of urea groups is 1. The fraction of sp³-hybridized carbons (Fsp3) is 0.333. The number of hydrogen-bond donors (Lipinski definition) is 2. The fourth-order valence-electron chi connectivity index (χ4n) is 2.79. The summed E-state index contributed by atoms with van der Waals surface area (Å²) < 4.78 is 4.93. The first-order valence-corrected chi connectivity index (χ1v) is 8.99. The highest BCUT2D eigenvalue weighted by atomic mass is 32.1. The molecule has 3 rings (SSSR count). The molecule has 5 nitrogen and oxygen atoms in total. The molecular formula is C18H20N2O3S. The Labute approximate surface area is 145 Å². The highest BCUT2D eigenvalue weighted by Gasteiger charge is 2.17. The number of carbonyl (C=O) groups excluding carboxylic acids is 2. The zero-order valence-corrected chi connectivity index (χ0v) is 14.4. The molecule has 0 fully saturated rings. The number of esters is 1. The third kappa shape index (κ3) is 3.76. The lowest BCUT2D eigenvalue weighted by atomic mass is 9.98. The second-order valence-electron chi connectivity index (χ2n) is 5.64. The van der Waals surface area contributed by atoms with Crippen LogP contribution in [0.3, 0.4) is 0 Å². The summed E-state index contributed by atoms with van der Waals surface area (Å²) in [5.74, 6) is -0.363. The van der Waals surface area contributed by atoms with E-state index in [1.807, 2.05) is 5.38 Å². The van der Waals surface area contributed by atoms with Crippen LogP contribution in [0.2, 0.25) is 0 Å². The number of rotatable bonds is 4. The van der Waals surface area contributed by atoms with Gasteiger partial charge in [0.05, 0.1) is 17.9 Å². The molecule has 0 spiro atoms. The van der Waals surface area contributed by atoms with E-state index in [2.05, 4.69) is 10.6 Å². The Morgan fingerprint density at radius 3 is 2.62 bits per heavy atom. The summed E-state index contributed by atoms with van der Waals surface area (Å²) >= 11 is 1.72. The van der Waals surface area contributed by atoms with Gasteiger partial charge in [-0.15, -0.1) is 11.3 Å². The Kier molecular flexibility index (Phi) is 5.15. The van der Waals surface area contributed by atoms with E-state index in [9.17, 15) is 9.59 Å². The molecule has 2 aromatic rings. The number of benzene rings is 1. The maximum absolute atomic E-state index is 12.2. The molecule has 126 valence electrons. The molecule has 0 saturated carbocycles. The molecule has 1 aliphatic carbocycles. The van der Waals surface area contributed by atoms with E-state index in [0.717, 1.165) is 18.5 Å². The minimum Gasteiger partial charge on any atom is -0.462 e. The van der Waals surface area contributed by atoms with Gasteiger partial charge in [-0.05, 0) is 62.4 Å². The van der Waals surface area contributed by atoms with Gasteiger partial charge in [0.2, 0.25) is 0 Å². The Bertz CT molecular complexity index is 737. The van der Waals surface area contributed by atoms with Crippen molar-refractivity contribution < 1.29 is 14.3 Å². The van der Waals surface area contributed by atoms with Crippen LogP contribution in [0.15, 0.2) is 29.6 Å². The van der Waals surface area contributed by atoms with Crippen LogP contribution in [0.1, 0.15) is 40.6 Å². The number of carbonyl (C=O) groups is 2. The lowest BCUT2D eigenvalue weighted by Gasteiger charge is -2.13. The van der Waals surface area contributed by atoms with Crippen molar-refractivity contribution >= 4 is 34.7 Å². The molecule has 1 aromatic carbocycles. The third-order valence-corrected chi connectivity index (χ3v) is 5.05. The number of hydrogen-bond acceptors (Lipinski definition) is 4. The quantitative estimate of drug-likeness (QED) is 0.805. The molecule has 0 bridgehead atoms. The molecule has 0 aliphatic heterocycles. The Hall–Kier alpha value is -2.34. The molecule has 2 N–H and O–H groups in total. The van der Waals surface area contributed by atoms with Crippen molar-refractivity contribution in [1.82, 2.24) is 0 Å². The van der Waals surface area contributed by atoms with Crippen molar-refractivity contribution in [1.29, 1.82) is 0 Å². The topological polar surface area (TPSA) is 67.4 Å². The van der Waals surface area contributed by atoms with Gasteiger partial charge in [0, 0.05) is 15.9 Å². The normalized spacial score (nSPS) is 13.0. The summed E-state index contributed by atoms with van der Waals surface area (Å²) in [5, 5.41) is 7.73. The second kappa shape index (κ2) is 7.49. The number of amides is 2. The van der Waals surface area contributed by atoms with Crippen LogP contribution >= 0.6 is 11.3 Å². The molecule has 0 saturated heterocycles. The van der Waals surface area contributed by atoms with Crippen LogP contribution in [-0.4, -0.2) is 18.6 Å². The lowest BCUT2D eigenvalue weighted by Crippen LogP contribution is -2.20. The van der Waals surface area contributed by atoms with Gasteiger partial charge in [0.1, 0.15) is 0 Å². The van der Waals surface area contributed by atoms with Crippen LogP contribution in [0, 0.1) is 0 Å². The van der Waals surface area contributed by atoms with Gasteiger partial charge in [0.15, 0.2) is 0 Å². The van der Waals surface area contributed by atoms with Crippen molar-refractivity contribution in [3.8, 4) is 0 Å². The number of aryl methyl sites for hydroxylation is 1. The number of fused-ring (bicyclic) bond motifs is 1. The first kappa shape index (κ1) is 16.5. The van der Waals surface area contributed by atoms with Crippen molar-refractivity contribution in [3.05, 3.63) is 45.6 Å². The molecule has 1 aromatic heterocycles. The van der Waals surface area contributed by atoms with Gasteiger partial charge >= 0.3 is 12.0 Å². The summed E-state index contributed by atoms with van der Waals surface area (Å²) in [6, 6.07) is 6.38. The number of anilines is 2. The van der Waals surface area contributed by atoms with E-state index in [4.69, 9.17) is 4.74 Å². The largest absolute Gasteiger partial charge is 0.462 e. The van der Waals surface area contributed by atoms with Gasteiger partial charge < -0.3 is 15.4 Å². The van der Waals surface area contributed by atoms with Gasteiger partial charge in [-0.2, -0.15) is 0 Å². The van der Waals surface area contributed by atoms with Crippen LogP contribution in [0.4, 0.5) is 16.2 Å². The Morgan fingerprint density at radius 1 is 1.12 bits per heavy atom. The van der Waals surface area contributed by atoms with Gasteiger partial charge in [-0.1, -0.05) is 0 Å². The number of thiophene rings is 1. The highest BCUT2D eigenvalue weighted by Crippen LogP contribution is 2.33. The summed E-state index contributed by atoms with van der Waals surface area (Å²) in [6.07, 6.45) is 4.54. The van der Waals surface area contributed by atoms with Crippen molar-refractivity contribution in [2.45, 2.75) is 32.6 Å². The van der Waals surface area contributed by atoms with E-state index in [0.29, 0.717) is 17.9 Å². The van der Waals surface area contributed by atoms with Crippen molar-refractivity contribution in [2.24, 2.45) is 0 Å². The van der Waals surface area contributed by atoms with Gasteiger partial charge in [-0.25, -0.2) is 9.59 Å². The van der Waals surface area contributed by atoms with Crippen LogP contribution in [0.5, 0.6) is 0 Å². The minimum absolute atomic E-state index is 0.273. The first-order valence-electron chi connectivity index (χ1n) is 8.12. The first-order chi connectivity index (χ1) is 11.7. The molecule has 1 aliphatic rings. The van der Waals surface area contributed by atoms with Crippen LogP contribution in [-0.2, 0) is 17.6 Å². The summed E-state index contributed by atoms with van der Waals surface area (Å²) in [4.78, 5) is 25.2. The van der Waals surface area contributed by atoms with E-state index >= 15 is 0 Å². The molecule has 6 heteroatoms. The smallest absolute Gasteiger partial charge is 0.338 e. The average molecular weight is 344 g/mol. The molecular weight excluding hydrogens is 324 g/mol. The zero-order valence-electron chi connectivity index (χ0n) is 13.6. The van der Waals surface area contributed by atoms with E-state index in [1.165, 1.54) is 23.3 Å².